The van der Waals surface area contributed by atoms with Crippen LogP contribution in [0.25, 0.3) is 0 Å². The van der Waals surface area contributed by atoms with Crippen LogP contribution in [0.3, 0.4) is 0 Å². The number of hydrogen-bond donors (Lipinski definition) is 4. The van der Waals surface area contributed by atoms with Crippen molar-refractivity contribution in [3.05, 3.63) is 0 Å². The molecular formula is C8H12N2O7. The Kier molecular flexibility index (Phi) is 6.26. The lowest BCUT2D eigenvalue weighted by Crippen LogP contribution is -2.43. The first-order valence-electron chi connectivity index (χ1n) is 4.45. The van der Waals surface area contributed by atoms with Crippen molar-refractivity contribution in [2.75, 3.05) is 26.2 Å². The predicted molar refractivity (Wildman–Crippen MR) is 52.4 cm³/mol. The van der Waals surface area contributed by atoms with Gasteiger partial charge in [0.05, 0.1) is 19.6 Å². The van der Waals surface area contributed by atoms with Gasteiger partial charge >= 0.3 is 17.9 Å². The Labute approximate surface area is 95.6 Å². The van der Waals surface area contributed by atoms with Crippen molar-refractivity contribution in [3.63, 3.8) is 0 Å². The quantitative estimate of drug-likeness (QED) is 0.374. The highest BCUT2D eigenvalue weighted by molar-refractivity contribution is 5.83. The van der Waals surface area contributed by atoms with Gasteiger partial charge in [0.2, 0.25) is 5.91 Å². The molecule has 0 radical (unpaired) electrons. The summed E-state index contributed by atoms with van der Waals surface area (Å²) in [5.74, 6) is -4.56. The van der Waals surface area contributed by atoms with Crippen LogP contribution in [0.5, 0.6) is 0 Å². The Morgan fingerprint density at radius 3 is 1.65 bits per heavy atom. The van der Waals surface area contributed by atoms with Crippen molar-refractivity contribution in [2.45, 2.75) is 0 Å². The Bertz CT molecular complexity index is 312. The van der Waals surface area contributed by atoms with Crippen molar-refractivity contribution >= 4 is 23.8 Å². The van der Waals surface area contributed by atoms with Crippen LogP contribution in [0, 0.1) is 0 Å². The minimum absolute atomic E-state index is 0.494. The second-order valence-corrected chi connectivity index (χ2v) is 3.10. The minimum atomic E-state index is -1.28. The van der Waals surface area contributed by atoms with Crippen LogP contribution in [-0.2, 0) is 19.2 Å². The summed E-state index contributed by atoms with van der Waals surface area (Å²) in [5.41, 5.74) is 0. The van der Waals surface area contributed by atoms with Crippen molar-refractivity contribution in [2.24, 2.45) is 0 Å². The highest BCUT2D eigenvalue weighted by Crippen LogP contribution is 1.88. The molecule has 0 aliphatic rings. The lowest BCUT2D eigenvalue weighted by atomic mass is 10.4. The van der Waals surface area contributed by atoms with Crippen LogP contribution in [0.15, 0.2) is 0 Å². The van der Waals surface area contributed by atoms with E-state index in [2.05, 4.69) is 0 Å². The van der Waals surface area contributed by atoms with E-state index in [1.54, 1.807) is 0 Å². The number of aliphatic carboxylic acids is 3. The molecule has 0 spiro atoms. The number of rotatable bonds is 8. The Morgan fingerprint density at radius 2 is 1.29 bits per heavy atom. The number of hydrogen-bond acceptors (Lipinski definition) is 5. The summed E-state index contributed by atoms with van der Waals surface area (Å²) < 4.78 is 0. The molecule has 0 saturated carbocycles. The summed E-state index contributed by atoms with van der Waals surface area (Å²) in [5, 5.41) is 27.2. The van der Waals surface area contributed by atoms with Gasteiger partial charge in [-0.2, -0.15) is 0 Å². The van der Waals surface area contributed by atoms with Crippen LogP contribution < -0.4 is 5.32 Å². The first-order chi connectivity index (χ1) is 7.81. The predicted octanol–water partition coefficient (Wildman–Crippen LogP) is -2.34. The van der Waals surface area contributed by atoms with Crippen LogP contribution in [-0.4, -0.2) is 70.2 Å². The van der Waals surface area contributed by atoms with Crippen molar-refractivity contribution in [1.29, 1.82) is 0 Å². The van der Waals surface area contributed by atoms with Crippen molar-refractivity contribution in [3.8, 4) is 0 Å². The van der Waals surface area contributed by atoms with Gasteiger partial charge in [-0.3, -0.25) is 24.1 Å². The van der Waals surface area contributed by atoms with Gasteiger partial charge in [-0.15, -0.1) is 0 Å². The lowest BCUT2D eigenvalue weighted by Gasteiger charge is -2.16. The molecule has 0 saturated heterocycles. The lowest BCUT2D eigenvalue weighted by molar-refractivity contribution is -0.143. The van der Waals surface area contributed by atoms with E-state index in [-0.39, 0.29) is 0 Å². The van der Waals surface area contributed by atoms with Crippen LogP contribution in [0.4, 0.5) is 0 Å². The molecule has 0 unspecified atom stereocenters. The standard InChI is InChI=1S/C8H12N2O7/c11-5(9-1-6(12)13)2-10(3-7(14)15)4-8(16)17/h1-4H2,(H,9,11)(H,12,13)(H,14,15)(H,16,17). The van der Waals surface area contributed by atoms with E-state index in [0.29, 0.717) is 0 Å². The number of carbonyl (C=O) groups is 4. The molecule has 0 fully saturated rings. The van der Waals surface area contributed by atoms with E-state index in [9.17, 15) is 19.2 Å². The Hall–Kier alpha value is -2.16. The fourth-order valence-corrected chi connectivity index (χ4v) is 0.983. The molecule has 1 amide bonds. The molecule has 0 atom stereocenters. The summed E-state index contributed by atoms with van der Waals surface area (Å²) in [4.78, 5) is 42.9. The third-order valence-corrected chi connectivity index (χ3v) is 1.52. The zero-order chi connectivity index (χ0) is 13.4. The maximum Gasteiger partial charge on any atom is 0.322 e. The molecule has 9 nitrogen and oxygen atoms in total. The first-order valence-corrected chi connectivity index (χ1v) is 4.45. The van der Waals surface area contributed by atoms with E-state index >= 15 is 0 Å². The van der Waals surface area contributed by atoms with Crippen LogP contribution in [0.1, 0.15) is 0 Å². The highest BCUT2D eigenvalue weighted by atomic mass is 16.4. The van der Waals surface area contributed by atoms with Crippen LogP contribution >= 0.6 is 0 Å². The zero-order valence-corrected chi connectivity index (χ0v) is 8.75. The highest BCUT2D eigenvalue weighted by Gasteiger charge is 2.17. The molecule has 0 aromatic heterocycles. The molecule has 4 N–H and O–H groups in total. The summed E-state index contributed by atoms with van der Waals surface area (Å²) in [6.45, 7) is -2.34. The third-order valence-electron chi connectivity index (χ3n) is 1.52. The van der Waals surface area contributed by atoms with Gasteiger partial charge in [0.15, 0.2) is 0 Å². The summed E-state index contributed by atoms with van der Waals surface area (Å²) in [7, 11) is 0. The normalized spacial score (nSPS) is 9.94. The first kappa shape index (κ1) is 14.8. The summed E-state index contributed by atoms with van der Waals surface area (Å²) in [6, 6.07) is 0. The number of carbonyl (C=O) groups excluding carboxylic acids is 1. The molecule has 17 heavy (non-hydrogen) atoms. The van der Waals surface area contributed by atoms with E-state index in [1.165, 1.54) is 0 Å². The topological polar surface area (TPSA) is 144 Å². The molecule has 0 aromatic carbocycles. The second kappa shape index (κ2) is 7.17. The molecule has 0 aliphatic heterocycles. The average Bonchev–Trinajstić information content (AvgIpc) is 2.12. The fourth-order valence-electron chi connectivity index (χ4n) is 0.983. The molecule has 96 valence electrons. The Morgan fingerprint density at radius 1 is 0.824 bits per heavy atom. The largest absolute Gasteiger partial charge is 0.480 e. The summed E-state index contributed by atoms with van der Waals surface area (Å²) in [6.07, 6.45) is 0. The average molecular weight is 248 g/mol. The maximum atomic E-state index is 11.1. The monoisotopic (exact) mass is 248 g/mol. The third kappa shape index (κ3) is 8.81. The Balaban J connectivity index is 4.21. The van der Waals surface area contributed by atoms with Gasteiger partial charge in [0.1, 0.15) is 6.54 Å². The minimum Gasteiger partial charge on any atom is -0.480 e. The maximum absolute atomic E-state index is 11.1. The zero-order valence-electron chi connectivity index (χ0n) is 8.75. The number of nitrogens with zero attached hydrogens (tertiary/aromatic N) is 1. The van der Waals surface area contributed by atoms with E-state index < -0.39 is 50.0 Å². The number of carboxylic acid groups (broad SMARTS) is 3. The molecular weight excluding hydrogens is 236 g/mol. The van der Waals surface area contributed by atoms with Gasteiger partial charge in [-0.25, -0.2) is 0 Å². The summed E-state index contributed by atoms with van der Waals surface area (Å²) >= 11 is 0. The van der Waals surface area contributed by atoms with Gasteiger partial charge in [-0.05, 0) is 0 Å². The molecule has 9 heteroatoms. The fraction of sp³-hybridized carbons (Fsp3) is 0.500. The van der Waals surface area contributed by atoms with Crippen LogP contribution in [0.2, 0.25) is 0 Å². The van der Waals surface area contributed by atoms with E-state index in [4.69, 9.17) is 15.3 Å². The number of carboxylic acids is 3. The van der Waals surface area contributed by atoms with Gasteiger partial charge in [0.25, 0.3) is 0 Å². The molecule has 0 rings (SSSR count). The molecule has 0 bridgehead atoms. The van der Waals surface area contributed by atoms with E-state index in [0.717, 1.165) is 4.90 Å². The molecule has 0 heterocycles. The number of nitrogens with one attached hydrogen (secondary N) is 1. The smallest absolute Gasteiger partial charge is 0.322 e. The van der Waals surface area contributed by atoms with Crippen molar-refractivity contribution < 1.29 is 34.5 Å². The SMILES string of the molecule is O=C(O)CNC(=O)CN(CC(=O)O)CC(=O)O. The van der Waals surface area contributed by atoms with Gasteiger partial charge < -0.3 is 20.6 Å². The molecule has 0 aliphatic carbocycles. The van der Waals surface area contributed by atoms with Gasteiger partial charge in [0, 0.05) is 0 Å². The molecule has 0 aromatic rings. The van der Waals surface area contributed by atoms with Gasteiger partial charge in [-0.1, -0.05) is 0 Å². The number of amides is 1. The van der Waals surface area contributed by atoms with Crippen molar-refractivity contribution in [1.82, 2.24) is 10.2 Å². The van der Waals surface area contributed by atoms with E-state index in [1.807, 2.05) is 5.32 Å². The second-order valence-electron chi connectivity index (χ2n) is 3.10.